The number of para-hydroxylation sites is 1. The molecule has 1 unspecified atom stereocenters. The Bertz CT molecular complexity index is 574. The molecule has 1 N–H and O–H groups in total. The van der Waals surface area contributed by atoms with Crippen LogP contribution in [0.25, 0.3) is 0 Å². The highest BCUT2D eigenvalue weighted by atomic mass is 35.5. The predicted molar refractivity (Wildman–Crippen MR) is 76.9 cm³/mol. The molecule has 0 saturated heterocycles. The zero-order valence-corrected chi connectivity index (χ0v) is 11.7. The molecule has 2 aromatic rings. The molecule has 2 rings (SSSR count). The number of aromatic nitrogens is 1. The van der Waals surface area contributed by atoms with Crippen molar-refractivity contribution < 1.29 is 4.92 Å². The summed E-state index contributed by atoms with van der Waals surface area (Å²) < 4.78 is 0. The van der Waals surface area contributed by atoms with Gasteiger partial charge < -0.3 is 5.32 Å². The molecule has 0 bridgehead atoms. The molecule has 1 atom stereocenters. The number of nitrogens with zero attached hydrogens (tertiary/aromatic N) is 2. The maximum atomic E-state index is 11.1. The summed E-state index contributed by atoms with van der Waals surface area (Å²) in [5, 5.41) is 17.1. The summed E-state index contributed by atoms with van der Waals surface area (Å²) in [7, 11) is 0. The lowest BCUT2D eigenvalue weighted by Gasteiger charge is -2.16. The van der Waals surface area contributed by atoms with Crippen LogP contribution < -0.4 is 5.32 Å². The van der Waals surface area contributed by atoms with Gasteiger partial charge in [0.05, 0.1) is 11.0 Å². The smallest absolute Gasteiger partial charge is 0.310 e. The fourth-order valence-electron chi connectivity index (χ4n) is 1.75. The molecule has 0 aliphatic carbocycles. The average Bonchev–Trinajstić information content (AvgIpc) is 2.89. The van der Waals surface area contributed by atoms with E-state index in [0.29, 0.717) is 5.69 Å². The maximum Gasteiger partial charge on any atom is 0.310 e. The van der Waals surface area contributed by atoms with E-state index in [1.165, 1.54) is 17.4 Å². The van der Waals surface area contributed by atoms with Crippen molar-refractivity contribution in [2.45, 2.75) is 19.4 Å². The number of halogens is 1. The van der Waals surface area contributed by atoms with Crippen LogP contribution >= 0.6 is 22.9 Å². The molecule has 1 aromatic heterocycles. The number of rotatable bonds is 5. The largest absolute Gasteiger partial charge is 0.370 e. The number of hydrogen-bond donors (Lipinski definition) is 1. The topological polar surface area (TPSA) is 68.1 Å². The van der Waals surface area contributed by atoms with Crippen molar-refractivity contribution in [1.82, 2.24) is 4.98 Å². The highest BCUT2D eigenvalue weighted by Gasteiger charge is 2.21. The summed E-state index contributed by atoms with van der Waals surface area (Å²) in [5.41, 5.74) is 0.318. The van der Waals surface area contributed by atoms with Crippen LogP contribution in [0.3, 0.4) is 0 Å². The van der Waals surface area contributed by atoms with Crippen LogP contribution in [0.4, 0.5) is 11.4 Å². The third-order valence-electron chi connectivity index (χ3n) is 2.66. The Morgan fingerprint density at radius 2 is 2.37 bits per heavy atom. The van der Waals surface area contributed by atoms with E-state index < -0.39 is 4.92 Å². The second kappa shape index (κ2) is 5.99. The number of thiazole rings is 1. The molecule has 0 aliphatic rings. The first-order chi connectivity index (χ1) is 9.13. The summed E-state index contributed by atoms with van der Waals surface area (Å²) >= 11 is 7.40. The van der Waals surface area contributed by atoms with Gasteiger partial charge in [-0.05, 0) is 18.6 Å². The van der Waals surface area contributed by atoms with Crippen LogP contribution in [0.2, 0.25) is 5.02 Å². The van der Waals surface area contributed by atoms with E-state index in [2.05, 4.69) is 10.3 Å². The second-order valence-electron chi connectivity index (χ2n) is 3.87. The van der Waals surface area contributed by atoms with E-state index in [1.54, 1.807) is 18.3 Å². The number of anilines is 1. The van der Waals surface area contributed by atoms with Crippen molar-refractivity contribution >= 4 is 34.3 Å². The van der Waals surface area contributed by atoms with Crippen molar-refractivity contribution in [3.8, 4) is 0 Å². The van der Waals surface area contributed by atoms with E-state index in [1.807, 2.05) is 12.3 Å². The van der Waals surface area contributed by atoms with Gasteiger partial charge in [-0.1, -0.05) is 24.6 Å². The van der Waals surface area contributed by atoms with Crippen molar-refractivity contribution in [1.29, 1.82) is 0 Å². The van der Waals surface area contributed by atoms with Gasteiger partial charge in [-0.25, -0.2) is 4.98 Å². The standard InChI is InChI=1S/C12H12ClN3O2S/c1-2-9(12-14-6-7-19-12)15-10-5-3-4-8(13)11(10)16(17)18/h3-7,9,15H,2H2,1H3. The highest BCUT2D eigenvalue weighted by molar-refractivity contribution is 7.09. The Balaban J connectivity index is 2.32. The Hall–Kier alpha value is -1.66. The van der Waals surface area contributed by atoms with Gasteiger partial charge >= 0.3 is 5.69 Å². The zero-order valence-electron chi connectivity index (χ0n) is 10.2. The van der Waals surface area contributed by atoms with Gasteiger partial charge in [-0.2, -0.15) is 0 Å². The van der Waals surface area contributed by atoms with Gasteiger partial charge in [0, 0.05) is 11.6 Å². The molecule has 1 heterocycles. The minimum Gasteiger partial charge on any atom is -0.370 e. The van der Waals surface area contributed by atoms with Crippen LogP contribution in [-0.4, -0.2) is 9.91 Å². The first kappa shape index (κ1) is 13.8. The van der Waals surface area contributed by atoms with Gasteiger partial charge in [0.15, 0.2) is 0 Å². The SMILES string of the molecule is CCC(Nc1cccc(Cl)c1[N+](=O)[O-])c1nccs1. The summed E-state index contributed by atoms with van der Waals surface area (Å²) in [6.45, 7) is 2.00. The van der Waals surface area contributed by atoms with Crippen molar-refractivity contribution in [3.63, 3.8) is 0 Å². The van der Waals surface area contributed by atoms with Gasteiger partial charge in [0.2, 0.25) is 0 Å². The summed E-state index contributed by atoms with van der Waals surface area (Å²) in [6, 6.07) is 4.79. The average molecular weight is 298 g/mol. The molecule has 7 heteroatoms. The molecule has 0 radical (unpaired) electrons. The molecule has 0 saturated carbocycles. The Morgan fingerprint density at radius 3 is 2.95 bits per heavy atom. The lowest BCUT2D eigenvalue weighted by Crippen LogP contribution is -2.10. The lowest BCUT2D eigenvalue weighted by atomic mass is 10.2. The predicted octanol–water partition coefficient (Wildman–Crippen LogP) is 4.27. The first-order valence-electron chi connectivity index (χ1n) is 5.72. The summed E-state index contributed by atoms with van der Waals surface area (Å²) in [5.74, 6) is 0. The molecule has 0 amide bonds. The van der Waals surface area contributed by atoms with E-state index in [0.717, 1.165) is 11.4 Å². The molecule has 0 spiro atoms. The van der Waals surface area contributed by atoms with E-state index in [9.17, 15) is 10.1 Å². The Morgan fingerprint density at radius 1 is 1.58 bits per heavy atom. The first-order valence-corrected chi connectivity index (χ1v) is 6.98. The zero-order chi connectivity index (χ0) is 13.8. The fourth-order valence-corrected chi connectivity index (χ4v) is 2.77. The number of hydrogen-bond acceptors (Lipinski definition) is 5. The van der Waals surface area contributed by atoms with Crippen LogP contribution in [-0.2, 0) is 0 Å². The minimum atomic E-state index is -0.473. The molecule has 1 aromatic carbocycles. The number of nitro groups is 1. The van der Waals surface area contributed by atoms with Crippen LogP contribution in [0, 0.1) is 10.1 Å². The molecular formula is C12H12ClN3O2S. The van der Waals surface area contributed by atoms with Crippen molar-refractivity contribution in [2.24, 2.45) is 0 Å². The molecule has 0 fully saturated rings. The van der Waals surface area contributed by atoms with E-state index >= 15 is 0 Å². The van der Waals surface area contributed by atoms with Gasteiger partial charge in [0.1, 0.15) is 15.7 Å². The van der Waals surface area contributed by atoms with Crippen LogP contribution in [0.1, 0.15) is 24.4 Å². The third-order valence-corrected chi connectivity index (χ3v) is 3.85. The Kier molecular flexibility index (Phi) is 4.34. The van der Waals surface area contributed by atoms with Gasteiger partial charge in [-0.3, -0.25) is 10.1 Å². The second-order valence-corrected chi connectivity index (χ2v) is 5.20. The van der Waals surface area contributed by atoms with E-state index in [-0.39, 0.29) is 16.8 Å². The molecule has 100 valence electrons. The summed E-state index contributed by atoms with van der Waals surface area (Å²) in [6.07, 6.45) is 2.49. The highest BCUT2D eigenvalue weighted by Crippen LogP contribution is 2.35. The molecule has 5 nitrogen and oxygen atoms in total. The van der Waals surface area contributed by atoms with Crippen molar-refractivity contribution in [3.05, 3.63) is 49.9 Å². The van der Waals surface area contributed by atoms with Gasteiger partial charge in [-0.15, -0.1) is 11.3 Å². The number of benzene rings is 1. The monoisotopic (exact) mass is 297 g/mol. The third kappa shape index (κ3) is 3.02. The molecule has 0 aliphatic heterocycles. The van der Waals surface area contributed by atoms with E-state index in [4.69, 9.17) is 11.6 Å². The normalized spacial score (nSPS) is 12.1. The minimum absolute atomic E-state index is 0.0582. The quantitative estimate of drug-likeness (QED) is 0.661. The summed E-state index contributed by atoms with van der Waals surface area (Å²) in [4.78, 5) is 14.8. The molecule has 19 heavy (non-hydrogen) atoms. The maximum absolute atomic E-state index is 11.1. The Labute approximate surface area is 119 Å². The fraction of sp³-hybridized carbons (Fsp3) is 0.250. The molecular weight excluding hydrogens is 286 g/mol. The van der Waals surface area contributed by atoms with Crippen LogP contribution in [0.15, 0.2) is 29.8 Å². The van der Waals surface area contributed by atoms with Crippen LogP contribution in [0.5, 0.6) is 0 Å². The number of nitrogens with one attached hydrogen (secondary N) is 1. The van der Waals surface area contributed by atoms with Crippen molar-refractivity contribution in [2.75, 3.05) is 5.32 Å². The number of nitro benzene ring substituents is 1. The lowest BCUT2D eigenvalue weighted by molar-refractivity contribution is -0.383. The van der Waals surface area contributed by atoms with Gasteiger partial charge in [0.25, 0.3) is 0 Å².